The van der Waals surface area contributed by atoms with Crippen LogP contribution in [-0.2, 0) is 20.7 Å². The Labute approximate surface area is 175 Å². The number of carbonyl (C=O) groups excluding carboxylic acids is 1. The SMILES string of the molecule is O=C(N[C@@H]1CCCOC1)C1(Cc2ccccc2-c2ccc(F)c(F)c2)CCOCC1. The standard InChI is InChI=1S/C24H27F2NO3/c25-21-8-7-17(14-22(21)26)20-6-2-1-4-18(20)15-24(9-12-29-13-10-24)23(28)27-19-5-3-11-30-16-19/h1-2,4,6-8,14,19H,3,5,9-13,15-16H2,(H,27,28)/t19-/m1/s1. The van der Waals surface area contributed by atoms with Crippen molar-refractivity contribution in [2.45, 2.75) is 38.1 Å². The number of ether oxygens (including phenoxy) is 2. The smallest absolute Gasteiger partial charge is 0.227 e. The van der Waals surface area contributed by atoms with Gasteiger partial charge < -0.3 is 14.8 Å². The molecule has 0 spiro atoms. The number of carbonyl (C=O) groups is 1. The molecule has 2 heterocycles. The second-order valence-electron chi connectivity index (χ2n) is 8.24. The lowest BCUT2D eigenvalue weighted by molar-refractivity contribution is -0.138. The molecule has 0 radical (unpaired) electrons. The van der Waals surface area contributed by atoms with Gasteiger partial charge in [0.15, 0.2) is 11.6 Å². The molecule has 4 nitrogen and oxygen atoms in total. The van der Waals surface area contributed by atoms with Crippen molar-refractivity contribution in [2.75, 3.05) is 26.4 Å². The van der Waals surface area contributed by atoms with E-state index in [4.69, 9.17) is 9.47 Å². The molecule has 2 fully saturated rings. The third-order valence-corrected chi connectivity index (χ3v) is 6.20. The van der Waals surface area contributed by atoms with Gasteiger partial charge in [-0.05, 0) is 60.9 Å². The average Bonchev–Trinajstić information content (AvgIpc) is 2.77. The van der Waals surface area contributed by atoms with E-state index in [1.54, 1.807) is 6.07 Å². The van der Waals surface area contributed by atoms with E-state index in [0.29, 0.717) is 44.6 Å². The van der Waals surface area contributed by atoms with E-state index < -0.39 is 17.0 Å². The molecule has 2 aromatic rings. The molecule has 0 saturated carbocycles. The fraction of sp³-hybridized carbons (Fsp3) is 0.458. The molecule has 2 aliphatic rings. The van der Waals surface area contributed by atoms with E-state index in [2.05, 4.69) is 5.32 Å². The Kier molecular flexibility index (Phi) is 6.44. The van der Waals surface area contributed by atoms with Gasteiger partial charge in [-0.1, -0.05) is 30.3 Å². The molecule has 2 saturated heterocycles. The number of rotatable bonds is 5. The quantitative estimate of drug-likeness (QED) is 0.794. The van der Waals surface area contributed by atoms with Crippen LogP contribution in [0.1, 0.15) is 31.2 Å². The van der Waals surface area contributed by atoms with E-state index in [9.17, 15) is 13.6 Å². The number of halogens is 2. The van der Waals surface area contributed by atoms with Gasteiger partial charge in [0.2, 0.25) is 5.91 Å². The van der Waals surface area contributed by atoms with Crippen molar-refractivity contribution in [2.24, 2.45) is 5.41 Å². The van der Waals surface area contributed by atoms with Crippen LogP contribution in [0.25, 0.3) is 11.1 Å². The van der Waals surface area contributed by atoms with Crippen LogP contribution in [0.3, 0.4) is 0 Å². The molecule has 2 aromatic carbocycles. The molecular formula is C24H27F2NO3. The van der Waals surface area contributed by atoms with E-state index >= 15 is 0 Å². The van der Waals surface area contributed by atoms with Crippen molar-refractivity contribution < 1.29 is 23.0 Å². The monoisotopic (exact) mass is 415 g/mol. The van der Waals surface area contributed by atoms with Crippen molar-refractivity contribution in [1.82, 2.24) is 5.32 Å². The van der Waals surface area contributed by atoms with Gasteiger partial charge in [-0.2, -0.15) is 0 Å². The van der Waals surface area contributed by atoms with E-state index in [0.717, 1.165) is 36.6 Å². The summed E-state index contributed by atoms with van der Waals surface area (Å²) in [6.45, 7) is 2.35. The van der Waals surface area contributed by atoms with Crippen molar-refractivity contribution in [3.05, 3.63) is 59.7 Å². The molecule has 0 aromatic heterocycles. The highest BCUT2D eigenvalue weighted by molar-refractivity contribution is 5.84. The first-order valence-electron chi connectivity index (χ1n) is 10.6. The summed E-state index contributed by atoms with van der Waals surface area (Å²) in [5.74, 6) is -1.72. The van der Waals surface area contributed by atoms with E-state index in [-0.39, 0.29) is 11.9 Å². The molecule has 160 valence electrons. The Hall–Kier alpha value is -2.31. The molecule has 30 heavy (non-hydrogen) atoms. The lowest BCUT2D eigenvalue weighted by Gasteiger charge is -2.38. The molecule has 6 heteroatoms. The normalized spacial score (nSPS) is 21.2. The second kappa shape index (κ2) is 9.23. The minimum atomic E-state index is -0.877. The Bertz CT molecular complexity index is 890. The molecule has 1 N–H and O–H groups in total. The lowest BCUT2D eigenvalue weighted by atomic mass is 9.73. The molecule has 0 bridgehead atoms. The van der Waals surface area contributed by atoms with E-state index in [1.165, 1.54) is 6.07 Å². The highest BCUT2D eigenvalue weighted by Crippen LogP contribution is 2.38. The summed E-state index contributed by atoms with van der Waals surface area (Å²) < 4.78 is 38.3. The highest BCUT2D eigenvalue weighted by Gasteiger charge is 2.41. The van der Waals surface area contributed by atoms with Gasteiger partial charge in [-0.3, -0.25) is 4.79 Å². The highest BCUT2D eigenvalue weighted by atomic mass is 19.2. The topological polar surface area (TPSA) is 47.6 Å². The zero-order chi connectivity index (χ0) is 21.0. The van der Waals surface area contributed by atoms with Crippen LogP contribution in [0.4, 0.5) is 8.78 Å². The molecule has 2 aliphatic heterocycles. The van der Waals surface area contributed by atoms with Gasteiger partial charge in [-0.25, -0.2) is 8.78 Å². The van der Waals surface area contributed by atoms with Crippen molar-refractivity contribution >= 4 is 5.91 Å². The number of hydrogen-bond acceptors (Lipinski definition) is 3. The van der Waals surface area contributed by atoms with Crippen LogP contribution in [0.5, 0.6) is 0 Å². The second-order valence-corrected chi connectivity index (χ2v) is 8.24. The number of nitrogens with one attached hydrogen (secondary N) is 1. The van der Waals surface area contributed by atoms with Crippen LogP contribution < -0.4 is 5.32 Å². The molecule has 1 amide bonds. The summed E-state index contributed by atoms with van der Waals surface area (Å²) in [6.07, 6.45) is 3.63. The minimum Gasteiger partial charge on any atom is -0.381 e. The third-order valence-electron chi connectivity index (χ3n) is 6.20. The maximum absolute atomic E-state index is 13.9. The lowest BCUT2D eigenvalue weighted by Crippen LogP contribution is -2.51. The van der Waals surface area contributed by atoms with Crippen LogP contribution in [-0.4, -0.2) is 38.4 Å². The number of amides is 1. The van der Waals surface area contributed by atoms with Crippen molar-refractivity contribution in [3.63, 3.8) is 0 Å². The maximum atomic E-state index is 13.9. The largest absolute Gasteiger partial charge is 0.381 e. The molecule has 1 atom stereocenters. The van der Waals surface area contributed by atoms with Crippen LogP contribution in [0, 0.1) is 17.0 Å². The summed E-state index contributed by atoms with van der Waals surface area (Å²) in [6, 6.07) is 11.6. The minimum absolute atomic E-state index is 0.0291. The molecular weight excluding hydrogens is 388 g/mol. The first-order valence-corrected chi connectivity index (χ1v) is 10.6. The summed E-state index contributed by atoms with van der Waals surface area (Å²) in [4.78, 5) is 13.4. The zero-order valence-electron chi connectivity index (χ0n) is 17.0. The van der Waals surface area contributed by atoms with Gasteiger partial charge in [0, 0.05) is 19.8 Å². The number of benzene rings is 2. The molecule has 4 rings (SSSR count). The van der Waals surface area contributed by atoms with Crippen LogP contribution in [0.15, 0.2) is 42.5 Å². The van der Waals surface area contributed by atoms with Crippen LogP contribution in [0.2, 0.25) is 0 Å². The Morgan fingerprint density at radius 3 is 2.57 bits per heavy atom. The average molecular weight is 415 g/mol. The molecule has 0 unspecified atom stereocenters. The maximum Gasteiger partial charge on any atom is 0.227 e. The summed E-state index contributed by atoms with van der Waals surface area (Å²) >= 11 is 0. The Morgan fingerprint density at radius 1 is 1.03 bits per heavy atom. The van der Waals surface area contributed by atoms with E-state index in [1.807, 2.05) is 24.3 Å². The van der Waals surface area contributed by atoms with Crippen molar-refractivity contribution in [3.8, 4) is 11.1 Å². The van der Waals surface area contributed by atoms with Gasteiger partial charge in [0.1, 0.15) is 0 Å². The van der Waals surface area contributed by atoms with Gasteiger partial charge in [-0.15, -0.1) is 0 Å². The zero-order valence-corrected chi connectivity index (χ0v) is 17.0. The predicted molar refractivity (Wildman–Crippen MR) is 110 cm³/mol. The number of hydrogen-bond donors (Lipinski definition) is 1. The van der Waals surface area contributed by atoms with Gasteiger partial charge in [0.25, 0.3) is 0 Å². The third kappa shape index (κ3) is 4.55. The summed E-state index contributed by atoms with van der Waals surface area (Å²) in [5, 5.41) is 3.20. The van der Waals surface area contributed by atoms with Gasteiger partial charge in [0.05, 0.1) is 18.1 Å². The predicted octanol–water partition coefficient (Wildman–Crippen LogP) is 4.27. The summed E-state index contributed by atoms with van der Waals surface area (Å²) in [7, 11) is 0. The van der Waals surface area contributed by atoms with Crippen molar-refractivity contribution in [1.29, 1.82) is 0 Å². The Balaban J connectivity index is 1.62. The van der Waals surface area contributed by atoms with Gasteiger partial charge >= 0.3 is 0 Å². The molecule has 0 aliphatic carbocycles. The first kappa shape index (κ1) is 20.9. The van der Waals surface area contributed by atoms with Crippen LogP contribution >= 0.6 is 0 Å². The Morgan fingerprint density at radius 2 is 1.83 bits per heavy atom. The first-order chi connectivity index (χ1) is 14.6. The summed E-state index contributed by atoms with van der Waals surface area (Å²) in [5.41, 5.74) is 1.77. The fourth-order valence-corrected chi connectivity index (χ4v) is 4.42. The fourth-order valence-electron chi connectivity index (χ4n) is 4.42.